The van der Waals surface area contributed by atoms with Gasteiger partial charge in [0.15, 0.2) is 12.4 Å². The molecule has 1 saturated carbocycles. The molecule has 2 aliphatic rings. The molecule has 1 amide bonds. The largest absolute Gasteiger partial charge is 0.484 e. The first kappa shape index (κ1) is 21.3. The normalized spacial score (nSPS) is 23.9. The highest BCUT2D eigenvalue weighted by Crippen LogP contribution is 2.39. The summed E-state index contributed by atoms with van der Waals surface area (Å²) in [7, 11) is 1.41. The van der Waals surface area contributed by atoms with Crippen molar-refractivity contribution in [2.45, 2.75) is 56.9 Å². The van der Waals surface area contributed by atoms with E-state index in [1.54, 1.807) is 4.90 Å². The first-order valence-electron chi connectivity index (χ1n) is 11.1. The van der Waals surface area contributed by atoms with Crippen molar-refractivity contribution in [3.8, 4) is 5.75 Å². The number of benzene rings is 1. The highest BCUT2D eigenvalue weighted by molar-refractivity contribution is 5.78. The van der Waals surface area contributed by atoms with Gasteiger partial charge in [-0.3, -0.25) is 9.59 Å². The molecular formula is C23H29N3O5. The first-order valence-corrected chi connectivity index (χ1v) is 11.1. The molecule has 2 fully saturated rings. The van der Waals surface area contributed by atoms with Crippen LogP contribution in [0.1, 0.15) is 68.6 Å². The lowest BCUT2D eigenvalue weighted by molar-refractivity contribution is -0.147. The quantitative estimate of drug-likeness (QED) is 0.650. The van der Waals surface area contributed by atoms with Gasteiger partial charge < -0.3 is 18.9 Å². The second-order valence-electron chi connectivity index (χ2n) is 8.21. The molecule has 1 aromatic heterocycles. The summed E-state index contributed by atoms with van der Waals surface area (Å²) in [6.45, 7) is 0.609. The summed E-state index contributed by atoms with van der Waals surface area (Å²) in [6, 6.07) is 9.07. The Labute approximate surface area is 181 Å². The lowest BCUT2D eigenvalue weighted by atomic mass is 9.79. The van der Waals surface area contributed by atoms with Crippen molar-refractivity contribution >= 4 is 11.9 Å². The maximum Gasteiger partial charge on any atom is 0.309 e. The van der Waals surface area contributed by atoms with Gasteiger partial charge in [-0.2, -0.15) is 4.98 Å². The van der Waals surface area contributed by atoms with Gasteiger partial charge in [-0.25, -0.2) is 0 Å². The van der Waals surface area contributed by atoms with Gasteiger partial charge in [0.1, 0.15) is 5.75 Å². The van der Waals surface area contributed by atoms with Crippen molar-refractivity contribution in [3.63, 3.8) is 0 Å². The van der Waals surface area contributed by atoms with Crippen LogP contribution in [-0.2, 0) is 14.3 Å². The van der Waals surface area contributed by atoms with E-state index in [2.05, 4.69) is 10.1 Å². The number of rotatable bonds is 6. The number of likely N-dealkylation sites (tertiary alicyclic amines) is 1. The van der Waals surface area contributed by atoms with Gasteiger partial charge in [-0.05, 0) is 44.2 Å². The molecule has 166 valence electrons. The molecule has 3 atom stereocenters. The average Bonchev–Trinajstić information content (AvgIpc) is 3.33. The fourth-order valence-corrected chi connectivity index (χ4v) is 4.64. The number of hydrogen-bond donors (Lipinski definition) is 0. The van der Waals surface area contributed by atoms with Crippen LogP contribution in [0.5, 0.6) is 5.75 Å². The highest BCUT2D eigenvalue weighted by Gasteiger charge is 2.38. The van der Waals surface area contributed by atoms with Gasteiger partial charge in [0.2, 0.25) is 5.89 Å². The third-order valence-electron chi connectivity index (χ3n) is 6.27. The number of carbonyl (C=O) groups excluding carboxylic acids is 2. The minimum absolute atomic E-state index is 0.0295. The topological polar surface area (TPSA) is 94.8 Å². The number of carbonyl (C=O) groups is 2. The lowest BCUT2D eigenvalue weighted by Gasteiger charge is -2.33. The third kappa shape index (κ3) is 4.89. The fraction of sp³-hybridized carbons (Fsp3) is 0.565. The summed E-state index contributed by atoms with van der Waals surface area (Å²) in [5, 5.41) is 4.21. The number of piperidine rings is 1. The van der Waals surface area contributed by atoms with E-state index in [4.69, 9.17) is 14.0 Å². The van der Waals surface area contributed by atoms with Crippen LogP contribution in [0.15, 0.2) is 34.9 Å². The number of amides is 1. The standard InChI is InChI=1S/C23H29N3O5/c1-29-23(28)18-12-6-5-11-17(18)22-24-21(25-31-22)19-13-7-8-14-26(19)20(27)15-30-16-9-3-2-4-10-16/h2-4,9-10,17-19H,5-8,11-15H2,1H3/t17-,18-,19+/m0/s1. The first-order chi connectivity index (χ1) is 15.2. The minimum atomic E-state index is -0.254. The Morgan fingerprint density at radius 3 is 2.68 bits per heavy atom. The number of esters is 1. The monoisotopic (exact) mass is 427 g/mol. The third-order valence-corrected chi connectivity index (χ3v) is 6.27. The Balaban J connectivity index is 1.46. The van der Waals surface area contributed by atoms with Crippen LogP contribution < -0.4 is 4.74 Å². The van der Waals surface area contributed by atoms with Crippen LogP contribution in [-0.4, -0.2) is 47.2 Å². The molecular weight excluding hydrogens is 398 g/mol. The smallest absolute Gasteiger partial charge is 0.309 e. The molecule has 1 aromatic carbocycles. The van der Waals surface area contributed by atoms with Gasteiger partial charge >= 0.3 is 5.97 Å². The number of ether oxygens (including phenoxy) is 2. The second kappa shape index (κ2) is 9.94. The molecule has 1 aliphatic heterocycles. The van der Waals surface area contributed by atoms with Gasteiger partial charge in [0.25, 0.3) is 5.91 Å². The summed E-state index contributed by atoms with van der Waals surface area (Å²) in [4.78, 5) is 31.6. The Hall–Kier alpha value is -2.90. The zero-order valence-electron chi connectivity index (χ0n) is 17.9. The van der Waals surface area contributed by atoms with Gasteiger partial charge in [0, 0.05) is 6.54 Å². The predicted octanol–water partition coefficient (Wildman–Crippen LogP) is 3.65. The van der Waals surface area contributed by atoms with Crippen LogP contribution >= 0.6 is 0 Å². The molecule has 8 nitrogen and oxygen atoms in total. The van der Waals surface area contributed by atoms with Crippen molar-refractivity contribution in [2.75, 3.05) is 20.3 Å². The molecule has 0 N–H and O–H groups in total. The molecule has 4 rings (SSSR count). The number of methoxy groups -OCH3 is 1. The van der Waals surface area contributed by atoms with Gasteiger partial charge in [-0.1, -0.05) is 36.2 Å². The van der Waals surface area contributed by atoms with Crippen LogP contribution in [0.2, 0.25) is 0 Å². The van der Waals surface area contributed by atoms with E-state index in [-0.39, 0.29) is 36.4 Å². The average molecular weight is 428 g/mol. The Morgan fingerprint density at radius 2 is 1.87 bits per heavy atom. The van der Waals surface area contributed by atoms with Gasteiger partial charge in [-0.15, -0.1) is 0 Å². The van der Waals surface area contributed by atoms with Gasteiger partial charge in [0.05, 0.1) is 25.0 Å². The van der Waals surface area contributed by atoms with Crippen molar-refractivity contribution in [1.82, 2.24) is 15.0 Å². The highest BCUT2D eigenvalue weighted by atomic mass is 16.5. The summed E-state index contributed by atoms with van der Waals surface area (Å²) >= 11 is 0. The van der Waals surface area contributed by atoms with Crippen molar-refractivity contribution in [1.29, 1.82) is 0 Å². The fourth-order valence-electron chi connectivity index (χ4n) is 4.64. The molecule has 2 aromatic rings. The van der Waals surface area contributed by atoms with Crippen molar-refractivity contribution in [2.24, 2.45) is 5.92 Å². The zero-order valence-corrected chi connectivity index (χ0v) is 17.9. The molecule has 0 bridgehead atoms. The van der Waals surface area contributed by atoms with Crippen molar-refractivity contribution in [3.05, 3.63) is 42.0 Å². The Kier molecular flexibility index (Phi) is 6.84. The van der Waals surface area contributed by atoms with Crippen molar-refractivity contribution < 1.29 is 23.6 Å². The molecule has 0 radical (unpaired) electrons. The SMILES string of the molecule is COC(=O)[C@H]1CCCC[C@@H]1c1nc([C@H]2CCCCN2C(=O)COc2ccccc2)no1. The summed E-state index contributed by atoms with van der Waals surface area (Å²) < 4.78 is 16.2. The van der Waals surface area contributed by atoms with E-state index < -0.39 is 0 Å². The van der Waals surface area contributed by atoms with E-state index in [0.29, 0.717) is 24.0 Å². The maximum absolute atomic E-state index is 12.9. The number of para-hydroxylation sites is 1. The summed E-state index contributed by atoms with van der Waals surface area (Å²) in [5.41, 5.74) is 0. The lowest BCUT2D eigenvalue weighted by Crippen LogP contribution is -2.41. The van der Waals surface area contributed by atoms with E-state index in [1.165, 1.54) is 7.11 Å². The maximum atomic E-state index is 12.9. The van der Waals surface area contributed by atoms with E-state index in [1.807, 2.05) is 30.3 Å². The van der Waals surface area contributed by atoms with E-state index in [0.717, 1.165) is 44.9 Å². The molecule has 1 saturated heterocycles. The summed E-state index contributed by atoms with van der Waals surface area (Å²) in [6.07, 6.45) is 6.29. The van der Waals surface area contributed by atoms with Crippen LogP contribution in [0.4, 0.5) is 0 Å². The number of nitrogens with zero attached hydrogens (tertiary/aromatic N) is 3. The zero-order chi connectivity index (χ0) is 21.6. The number of aromatic nitrogens is 2. The van der Waals surface area contributed by atoms with Crippen LogP contribution in [0.3, 0.4) is 0 Å². The van der Waals surface area contributed by atoms with E-state index in [9.17, 15) is 9.59 Å². The molecule has 0 unspecified atom stereocenters. The van der Waals surface area contributed by atoms with Crippen LogP contribution in [0, 0.1) is 5.92 Å². The molecule has 1 aliphatic carbocycles. The van der Waals surface area contributed by atoms with Crippen LogP contribution in [0.25, 0.3) is 0 Å². The number of hydrogen-bond acceptors (Lipinski definition) is 7. The molecule has 2 heterocycles. The molecule has 0 spiro atoms. The Bertz CT molecular complexity index is 884. The second-order valence-corrected chi connectivity index (χ2v) is 8.21. The van der Waals surface area contributed by atoms with E-state index >= 15 is 0 Å². The molecule has 8 heteroatoms. The Morgan fingerprint density at radius 1 is 1.10 bits per heavy atom. The minimum Gasteiger partial charge on any atom is -0.484 e. The summed E-state index contributed by atoms with van der Waals surface area (Å²) in [5.74, 6) is 0.951. The predicted molar refractivity (Wildman–Crippen MR) is 111 cm³/mol. The molecule has 31 heavy (non-hydrogen) atoms.